The van der Waals surface area contributed by atoms with Crippen molar-refractivity contribution in [3.8, 4) is 5.75 Å². The fraction of sp³-hybridized carbons (Fsp3) is 0.467. The third-order valence-corrected chi connectivity index (χ3v) is 3.41. The van der Waals surface area contributed by atoms with Crippen molar-refractivity contribution in [3.63, 3.8) is 0 Å². The van der Waals surface area contributed by atoms with Gasteiger partial charge in [-0.2, -0.15) is 0 Å². The van der Waals surface area contributed by atoms with Crippen LogP contribution < -0.4 is 4.74 Å². The number of hydrogen-bond donors (Lipinski definition) is 0. The second kappa shape index (κ2) is 5.37. The molecule has 0 heterocycles. The van der Waals surface area contributed by atoms with Gasteiger partial charge in [0.15, 0.2) is 0 Å². The molecule has 2 rings (SSSR count). The average molecular weight is 232 g/mol. The molecule has 1 fully saturated rings. The molecular weight excluding hydrogens is 212 g/mol. The van der Waals surface area contributed by atoms with Crippen molar-refractivity contribution in [2.75, 3.05) is 7.11 Å². The summed E-state index contributed by atoms with van der Waals surface area (Å²) in [5, 5.41) is 0. The lowest BCUT2D eigenvalue weighted by Gasteiger charge is -2.36. The molecule has 1 saturated carbocycles. The minimum atomic E-state index is -0.409. The van der Waals surface area contributed by atoms with Gasteiger partial charge in [0.2, 0.25) is 5.79 Å². The van der Waals surface area contributed by atoms with Crippen LogP contribution in [0.15, 0.2) is 30.8 Å². The molecule has 1 aromatic carbocycles. The maximum atomic E-state index is 6.04. The summed E-state index contributed by atoms with van der Waals surface area (Å²) >= 11 is 0. The smallest absolute Gasteiger partial charge is 0.210 e. The van der Waals surface area contributed by atoms with Gasteiger partial charge in [-0.25, -0.2) is 0 Å². The highest BCUT2D eigenvalue weighted by molar-refractivity contribution is 5.48. The predicted octanol–water partition coefficient (Wildman–Crippen LogP) is 4.02. The molecule has 0 spiro atoms. The van der Waals surface area contributed by atoms with E-state index in [1.54, 1.807) is 7.11 Å². The van der Waals surface area contributed by atoms with E-state index in [9.17, 15) is 0 Å². The summed E-state index contributed by atoms with van der Waals surface area (Å²) in [4.78, 5) is 0. The Bertz CT molecular complexity index is 361. The number of benzene rings is 1. The molecule has 0 amide bonds. The van der Waals surface area contributed by atoms with Crippen LogP contribution in [0.3, 0.4) is 0 Å². The lowest BCUT2D eigenvalue weighted by Crippen LogP contribution is -2.40. The second-order valence-corrected chi connectivity index (χ2v) is 4.55. The normalized spacial score (nSPS) is 18.6. The zero-order chi connectivity index (χ0) is 12.1. The minimum absolute atomic E-state index is 0.409. The molecule has 0 atom stereocenters. The van der Waals surface area contributed by atoms with Gasteiger partial charge in [0.05, 0.1) is 0 Å². The molecule has 1 aliphatic carbocycles. The number of rotatable bonds is 4. The number of ether oxygens (including phenoxy) is 2. The van der Waals surface area contributed by atoms with Crippen LogP contribution in [0, 0.1) is 0 Å². The van der Waals surface area contributed by atoms with Crippen LogP contribution >= 0.6 is 0 Å². The molecule has 1 aliphatic rings. The van der Waals surface area contributed by atoms with E-state index in [0.29, 0.717) is 0 Å². The van der Waals surface area contributed by atoms with Gasteiger partial charge in [-0.3, -0.25) is 0 Å². The largest absolute Gasteiger partial charge is 0.462 e. The summed E-state index contributed by atoms with van der Waals surface area (Å²) in [5.41, 5.74) is 1.10. The van der Waals surface area contributed by atoms with Crippen molar-refractivity contribution in [3.05, 3.63) is 36.4 Å². The fourth-order valence-electron chi connectivity index (χ4n) is 2.33. The van der Waals surface area contributed by atoms with Gasteiger partial charge in [-0.05, 0) is 30.5 Å². The van der Waals surface area contributed by atoms with Crippen LogP contribution in [0.1, 0.15) is 37.7 Å². The summed E-state index contributed by atoms with van der Waals surface area (Å²) in [6.45, 7) is 3.74. The van der Waals surface area contributed by atoms with Gasteiger partial charge in [0.1, 0.15) is 5.75 Å². The first-order valence-electron chi connectivity index (χ1n) is 6.25. The first-order valence-corrected chi connectivity index (χ1v) is 6.25. The third kappa shape index (κ3) is 2.89. The Kier molecular flexibility index (Phi) is 3.85. The van der Waals surface area contributed by atoms with Crippen LogP contribution in [-0.4, -0.2) is 12.9 Å². The van der Waals surface area contributed by atoms with E-state index in [0.717, 1.165) is 24.2 Å². The number of methoxy groups -OCH3 is 1. The monoisotopic (exact) mass is 232 g/mol. The summed E-state index contributed by atoms with van der Waals surface area (Å²) in [7, 11) is 1.74. The second-order valence-electron chi connectivity index (χ2n) is 4.55. The van der Waals surface area contributed by atoms with Crippen LogP contribution in [0.25, 0.3) is 6.08 Å². The molecule has 0 aliphatic heterocycles. The zero-order valence-electron chi connectivity index (χ0n) is 10.4. The molecule has 0 aromatic heterocycles. The molecular formula is C15H20O2. The van der Waals surface area contributed by atoms with Crippen LogP contribution in [-0.2, 0) is 4.74 Å². The van der Waals surface area contributed by atoms with E-state index in [1.165, 1.54) is 19.3 Å². The summed E-state index contributed by atoms with van der Waals surface area (Å²) < 4.78 is 11.6. The third-order valence-electron chi connectivity index (χ3n) is 3.41. The van der Waals surface area contributed by atoms with E-state index in [4.69, 9.17) is 9.47 Å². The molecule has 1 aromatic rings. The molecule has 2 nitrogen and oxygen atoms in total. The Morgan fingerprint density at radius 3 is 2.29 bits per heavy atom. The van der Waals surface area contributed by atoms with Gasteiger partial charge in [-0.1, -0.05) is 31.2 Å². The molecule has 0 radical (unpaired) electrons. The van der Waals surface area contributed by atoms with Crippen LogP contribution in [0.5, 0.6) is 5.75 Å². The Hall–Kier alpha value is -1.28. The maximum Gasteiger partial charge on any atom is 0.210 e. The SMILES string of the molecule is C=Cc1ccc(OC2(OC)CCCCC2)cc1. The van der Waals surface area contributed by atoms with Crippen molar-refractivity contribution in [1.29, 1.82) is 0 Å². The van der Waals surface area contributed by atoms with Gasteiger partial charge in [-0.15, -0.1) is 0 Å². The van der Waals surface area contributed by atoms with Gasteiger partial charge >= 0.3 is 0 Å². The van der Waals surface area contributed by atoms with Gasteiger partial charge in [0.25, 0.3) is 0 Å². The summed E-state index contributed by atoms with van der Waals surface area (Å²) in [6, 6.07) is 7.97. The fourth-order valence-corrected chi connectivity index (χ4v) is 2.33. The summed E-state index contributed by atoms with van der Waals surface area (Å²) in [6.07, 6.45) is 7.43. The first-order chi connectivity index (χ1) is 8.28. The van der Waals surface area contributed by atoms with Crippen molar-refractivity contribution in [1.82, 2.24) is 0 Å². The molecule has 92 valence electrons. The molecule has 0 bridgehead atoms. The van der Waals surface area contributed by atoms with Crippen LogP contribution in [0.4, 0.5) is 0 Å². The van der Waals surface area contributed by atoms with Crippen molar-refractivity contribution < 1.29 is 9.47 Å². The van der Waals surface area contributed by atoms with Gasteiger partial charge in [0, 0.05) is 20.0 Å². The van der Waals surface area contributed by atoms with Gasteiger partial charge < -0.3 is 9.47 Å². The Morgan fingerprint density at radius 2 is 1.76 bits per heavy atom. The average Bonchev–Trinajstić information content (AvgIpc) is 2.41. The molecule has 0 unspecified atom stereocenters. The lowest BCUT2D eigenvalue weighted by atomic mass is 9.94. The number of hydrogen-bond acceptors (Lipinski definition) is 2. The lowest BCUT2D eigenvalue weighted by molar-refractivity contribution is -0.182. The Labute approximate surface area is 103 Å². The van der Waals surface area contributed by atoms with E-state index >= 15 is 0 Å². The summed E-state index contributed by atoms with van der Waals surface area (Å²) in [5.74, 6) is 0.466. The van der Waals surface area contributed by atoms with Crippen LogP contribution in [0.2, 0.25) is 0 Å². The molecule has 0 saturated heterocycles. The maximum absolute atomic E-state index is 6.04. The molecule has 0 N–H and O–H groups in total. The predicted molar refractivity (Wildman–Crippen MR) is 70.0 cm³/mol. The topological polar surface area (TPSA) is 18.5 Å². The minimum Gasteiger partial charge on any atom is -0.462 e. The van der Waals surface area contributed by atoms with E-state index in [1.807, 2.05) is 30.3 Å². The highest BCUT2D eigenvalue weighted by Gasteiger charge is 2.33. The highest BCUT2D eigenvalue weighted by atomic mass is 16.7. The van der Waals surface area contributed by atoms with E-state index < -0.39 is 5.79 Å². The Balaban J connectivity index is 2.08. The standard InChI is InChI=1S/C15H20O2/c1-3-13-7-9-14(10-8-13)17-15(16-2)11-5-4-6-12-15/h3,7-10H,1,4-6,11-12H2,2H3. The molecule has 2 heteroatoms. The van der Waals surface area contributed by atoms with Crippen molar-refractivity contribution in [2.24, 2.45) is 0 Å². The first kappa shape index (κ1) is 12.2. The van der Waals surface area contributed by atoms with Crippen molar-refractivity contribution >= 4 is 6.08 Å². The Morgan fingerprint density at radius 1 is 1.12 bits per heavy atom. The molecule has 17 heavy (non-hydrogen) atoms. The van der Waals surface area contributed by atoms with Crippen molar-refractivity contribution in [2.45, 2.75) is 37.9 Å². The van der Waals surface area contributed by atoms with E-state index in [-0.39, 0.29) is 0 Å². The quantitative estimate of drug-likeness (QED) is 0.730. The highest BCUT2D eigenvalue weighted by Crippen LogP contribution is 2.33. The zero-order valence-corrected chi connectivity index (χ0v) is 10.4. The van der Waals surface area contributed by atoms with E-state index in [2.05, 4.69) is 6.58 Å².